The number of benzene rings is 1. The molecule has 0 aliphatic carbocycles. The second-order valence-electron chi connectivity index (χ2n) is 3.61. The maximum atomic E-state index is 11.6. The number of hydrogen-bond acceptors (Lipinski definition) is 1. The molecule has 1 unspecified atom stereocenters. The normalized spacial score (nSPS) is 12.2. The summed E-state index contributed by atoms with van der Waals surface area (Å²) in [6.07, 6.45) is 0.873. The standard InChI is InChI=1S/C12H17NO/c1-4-9(2)12(14)13-11-8-6-5-7-10(11)3/h5-9H,4H2,1-3H3,(H,13,14). The molecule has 0 spiro atoms. The molecule has 1 aromatic carbocycles. The zero-order valence-electron chi connectivity index (χ0n) is 9.00. The molecule has 0 radical (unpaired) electrons. The van der Waals surface area contributed by atoms with E-state index in [4.69, 9.17) is 0 Å². The lowest BCUT2D eigenvalue weighted by Gasteiger charge is -2.11. The van der Waals surface area contributed by atoms with Crippen LogP contribution < -0.4 is 5.32 Å². The molecule has 0 saturated carbocycles. The highest BCUT2D eigenvalue weighted by Crippen LogP contribution is 2.14. The van der Waals surface area contributed by atoms with Gasteiger partial charge in [0.25, 0.3) is 0 Å². The first-order chi connectivity index (χ1) is 6.65. The Morgan fingerprint density at radius 2 is 2.07 bits per heavy atom. The van der Waals surface area contributed by atoms with Crippen LogP contribution in [-0.2, 0) is 4.79 Å². The minimum atomic E-state index is 0.0783. The Labute approximate surface area is 85.3 Å². The van der Waals surface area contributed by atoms with Crippen molar-refractivity contribution in [2.24, 2.45) is 5.92 Å². The minimum Gasteiger partial charge on any atom is -0.326 e. The number of rotatable bonds is 3. The second-order valence-corrected chi connectivity index (χ2v) is 3.61. The monoisotopic (exact) mass is 191 g/mol. The summed E-state index contributed by atoms with van der Waals surface area (Å²) in [4.78, 5) is 11.6. The van der Waals surface area contributed by atoms with E-state index in [2.05, 4.69) is 5.32 Å². The van der Waals surface area contributed by atoms with Gasteiger partial charge in [-0.3, -0.25) is 4.79 Å². The third-order valence-electron chi connectivity index (χ3n) is 2.46. The van der Waals surface area contributed by atoms with Gasteiger partial charge in [0.15, 0.2) is 0 Å². The van der Waals surface area contributed by atoms with Crippen molar-refractivity contribution in [2.75, 3.05) is 5.32 Å². The van der Waals surface area contributed by atoms with Crippen LogP contribution in [0.4, 0.5) is 5.69 Å². The van der Waals surface area contributed by atoms with Crippen LogP contribution in [0.25, 0.3) is 0 Å². The van der Waals surface area contributed by atoms with Gasteiger partial charge >= 0.3 is 0 Å². The number of amides is 1. The molecule has 0 aliphatic rings. The van der Waals surface area contributed by atoms with Crippen molar-refractivity contribution in [1.29, 1.82) is 0 Å². The van der Waals surface area contributed by atoms with Gasteiger partial charge in [-0.2, -0.15) is 0 Å². The van der Waals surface area contributed by atoms with E-state index in [1.165, 1.54) is 0 Å². The van der Waals surface area contributed by atoms with Gasteiger partial charge in [-0.15, -0.1) is 0 Å². The summed E-state index contributed by atoms with van der Waals surface area (Å²) < 4.78 is 0. The van der Waals surface area contributed by atoms with Gasteiger partial charge in [-0.1, -0.05) is 32.0 Å². The molecular weight excluding hydrogens is 174 g/mol. The maximum Gasteiger partial charge on any atom is 0.227 e. The molecule has 1 atom stereocenters. The maximum absolute atomic E-state index is 11.6. The third-order valence-corrected chi connectivity index (χ3v) is 2.46. The van der Waals surface area contributed by atoms with Crippen molar-refractivity contribution in [3.8, 4) is 0 Å². The molecule has 0 fully saturated rings. The average Bonchev–Trinajstić information content (AvgIpc) is 2.20. The van der Waals surface area contributed by atoms with E-state index in [9.17, 15) is 4.79 Å². The highest BCUT2D eigenvalue weighted by atomic mass is 16.1. The third kappa shape index (κ3) is 2.59. The molecule has 1 amide bonds. The minimum absolute atomic E-state index is 0.0783. The Bertz CT molecular complexity index is 320. The molecule has 0 heterocycles. The number of carbonyl (C=O) groups excluding carboxylic acids is 1. The Kier molecular flexibility index (Phi) is 3.69. The number of hydrogen-bond donors (Lipinski definition) is 1. The second kappa shape index (κ2) is 4.80. The molecular formula is C12H17NO. The summed E-state index contributed by atoms with van der Waals surface area (Å²) >= 11 is 0. The Morgan fingerprint density at radius 1 is 1.43 bits per heavy atom. The zero-order valence-corrected chi connectivity index (χ0v) is 9.00. The molecule has 76 valence electrons. The molecule has 0 bridgehead atoms. The summed E-state index contributed by atoms with van der Waals surface area (Å²) in [5, 5.41) is 2.92. The van der Waals surface area contributed by atoms with Gasteiger partial charge < -0.3 is 5.32 Å². The lowest BCUT2D eigenvalue weighted by atomic mass is 10.1. The van der Waals surface area contributed by atoms with Gasteiger partial charge in [0, 0.05) is 11.6 Å². The fourth-order valence-electron chi connectivity index (χ4n) is 1.15. The van der Waals surface area contributed by atoms with Gasteiger partial charge in [0.1, 0.15) is 0 Å². The highest BCUT2D eigenvalue weighted by Gasteiger charge is 2.10. The Balaban J connectivity index is 2.70. The summed E-state index contributed by atoms with van der Waals surface area (Å²) in [5.74, 6) is 0.177. The number of anilines is 1. The van der Waals surface area contributed by atoms with Crippen LogP contribution in [0.2, 0.25) is 0 Å². The van der Waals surface area contributed by atoms with E-state index in [1.54, 1.807) is 0 Å². The van der Waals surface area contributed by atoms with Crippen molar-refractivity contribution >= 4 is 11.6 Å². The molecule has 0 aliphatic heterocycles. The van der Waals surface area contributed by atoms with Crippen LogP contribution in [-0.4, -0.2) is 5.91 Å². The van der Waals surface area contributed by atoms with E-state index in [0.29, 0.717) is 0 Å². The molecule has 1 aromatic rings. The van der Waals surface area contributed by atoms with Crippen LogP contribution in [0.1, 0.15) is 25.8 Å². The topological polar surface area (TPSA) is 29.1 Å². The van der Waals surface area contributed by atoms with Crippen LogP contribution in [0, 0.1) is 12.8 Å². The first kappa shape index (κ1) is 10.8. The summed E-state index contributed by atoms with van der Waals surface area (Å²) in [7, 11) is 0. The lowest BCUT2D eigenvalue weighted by molar-refractivity contribution is -0.119. The molecule has 2 heteroatoms. The molecule has 1 rings (SSSR count). The Morgan fingerprint density at radius 3 is 2.64 bits per heavy atom. The average molecular weight is 191 g/mol. The molecule has 0 aromatic heterocycles. The summed E-state index contributed by atoms with van der Waals surface area (Å²) in [6, 6.07) is 7.81. The smallest absolute Gasteiger partial charge is 0.227 e. The van der Waals surface area contributed by atoms with Crippen LogP contribution >= 0.6 is 0 Å². The molecule has 14 heavy (non-hydrogen) atoms. The highest BCUT2D eigenvalue weighted by molar-refractivity contribution is 5.92. The first-order valence-corrected chi connectivity index (χ1v) is 5.01. The molecule has 2 nitrogen and oxygen atoms in total. The van der Waals surface area contributed by atoms with Crippen LogP contribution in [0.15, 0.2) is 24.3 Å². The number of nitrogens with one attached hydrogen (secondary N) is 1. The van der Waals surface area contributed by atoms with Gasteiger partial charge in [0.2, 0.25) is 5.91 Å². The van der Waals surface area contributed by atoms with Crippen molar-refractivity contribution in [2.45, 2.75) is 27.2 Å². The van der Waals surface area contributed by atoms with Crippen molar-refractivity contribution in [3.05, 3.63) is 29.8 Å². The Hall–Kier alpha value is -1.31. The predicted molar refractivity (Wildman–Crippen MR) is 59.3 cm³/mol. The molecule has 1 N–H and O–H groups in total. The van der Waals surface area contributed by atoms with Crippen molar-refractivity contribution < 1.29 is 4.79 Å². The van der Waals surface area contributed by atoms with E-state index in [-0.39, 0.29) is 11.8 Å². The fourth-order valence-corrected chi connectivity index (χ4v) is 1.15. The van der Waals surface area contributed by atoms with E-state index in [1.807, 2.05) is 45.0 Å². The summed E-state index contributed by atoms with van der Waals surface area (Å²) in [5.41, 5.74) is 2.02. The van der Waals surface area contributed by atoms with E-state index >= 15 is 0 Å². The van der Waals surface area contributed by atoms with Gasteiger partial charge in [-0.25, -0.2) is 0 Å². The van der Waals surface area contributed by atoms with E-state index < -0.39 is 0 Å². The SMILES string of the molecule is CCC(C)C(=O)Nc1ccccc1C. The zero-order chi connectivity index (χ0) is 10.6. The first-order valence-electron chi connectivity index (χ1n) is 5.01. The van der Waals surface area contributed by atoms with Crippen LogP contribution in [0.5, 0.6) is 0 Å². The van der Waals surface area contributed by atoms with Crippen LogP contribution in [0.3, 0.4) is 0 Å². The number of aryl methyl sites for hydroxylation is 1. The van der Waals surface area contributed by atoms with Gasteiger partial charge in [-0.05, 0) is 25.0 Å². The lowest BCUT2D eigenvalue weighted by Crippen LogP contribution is -2.20. The van der Waals surface area contributed by atoms with Crippen molar-refractivity contribution in [3.63, 3.8) is 0 Å². The van der Waals surface area contributed by atoms with Gasteiger partial charge in [0.05, 0.1) is 0 Å². The number of carbonyl (C=O) groups is 1. The predicted octanol–water partition coefficient (Wildman–Crippen LogP) is 2.98. The molecule has 0 saturated heterocycles. The number of para-hydroxylation sites is 1. The van der Waals surface area contributed by atoms with E-state index in [0.717, 1.165) is 17.7 Å². The summed E-state index contributed by atoms with van der Waals surface area (Å²) in [6.45, 7) is 5.95. The fraction of sp³-hybridized carbons (Fsp3) is 0.417. The quantitative estimate of drug-likeness (QED) is 0.781. The van der Waals surface area contributed by atoms with Crippen molar-refractivity contribution in [1.82, 2.24) is 0 Å². The largest absolute Gasteiger partial charge is 0.326 e.